The van der Waals surface area contributed by atoms with E-state index in [-0.39, 0.29) is 31.1 Å². The Labute approximate surface area is 214 Å². The maximum Gasteiger partial charge on any atom is 0.154 e. The molecular formula is C22H46BrO3SU-. The molecule has 0 heterocycles. The van der Waals surface area contributed by atoms with Gasteiger partial charge in [-0.25, -0.2) is 0 Å². The van der Waals surface area contributed by atoms with Crippen LogP contribution >= 0.6 is 15.9 Å². The number of halogens is 1. The predicted molar refractivity (Wildman–Crippen MR) is 124 cm³/mol. The van der Waals surface area contributed by atoms with Gasteiger partial charge in [-0.3, -0.25) is 0 Å². The molecule has 0 aliphatic rings. The summed E-state index contributed by atoms with van der Waals surface area (Å²) in [6.07, 6.45) is 19.0. The third kappa shape index (κ3) is 35.2. The monoisotopic (exact) mass is 707 g/mol. The predicted octanol–water partition coefficient (Wildman–Crippen LogP) is 7.46. The van der Waals surface area contributed by atoms with Crippen LogP contribution in [0.5, 0.6) is 0 Å². The smallest absolute Gasteiger partial charge is 0.154 e. The van der Waals surface area contributed by atoms with Gasteiger partial charge in [0.15, 0.2) is 6.29 Å². The number of rotatable bonds is 20. The van der Waals surface area contributed by atoms with Gasteiger partial charge in [0.1, 0.15) is 0 Å². The van der Waals surface area contributed by atoms with Crippen molar-refractivity contribution in [1.82, 2.24) is 0 Å². The second-order valence-electron chi connectivity index (χ2n) is 7.22. The Morgan fingerprint density at radius 1 is 0.714 bits per heavy atom. The van der Waals surface area contributed by atoms with Crippen molar-refractivity contribution in [3.8, 4) is 0 Å². The van der Waals surface area contributed by atoms with Crippen molar-refractivity contribution in [2.75, 3.05) is 18.5 Å². The molecule has 1 N–H and O–H groups in total. The molecule has 0 fully saturated rings. The van der Waals surface area contributed by atoms with Gasteiger partial charge in [-0.15, -0.1) is 0 Å². The van der Waals surface area contributed by atoms with Crippen LogP contribution in [0.2, 0.25) is 0 Å². The minimum atomic E-state index is -0.526. The summed E-state index contributed by atoms with van der Waals surface area (Å²) in [5.74, 6) is 0. The molecule has 6 heteroatoms. The molecule has 3 nitrogen and oxygen atoms in total. The second kappa shape index (κ2) is 33.4. The topological polar surface area (TPSA) is 38.7 Å². The fourth-order valence-electron chi connectivity index (χ4n) is 2.72. The number of unbranched alkanes of at least 4 members (excludes halogenated alkanes) is 12. The largest absolute Gasteiger partial charge is 0.624 e. The zero-order valence-electron chi connectivity index (χ0n) is 18.6. The molecule has 0 aliphatic heterocycles. The van der Waals surface area contributed by atoms with Crippen LogP contribution in [0.1, 0.15) is 117 Å². The van der Waals surface area contributed by atoms with E-state index in [9.17, 15) is 5.11 Å². The van der Waals surface area contributed by atoms with E-state index in [4.69, 9.17) is 4.74 Å². The standard InChI is InChI=1S/C16H34O2.C6H13BrOS.U/c1-3-5-7-9-11-13-15-18-16(17)14-12-10-8-6-4-2;7-5-3-1-2-4-6-8-9;/h16-17H,3-15H2,1-2H3;9H,1-6H2;/p-1. The van der Waals surface area contributed by atoms with Gasteiger partial charge in [-0.1, -0.05) is 100 Å². The van der Waals surface area contributed by atoms with Crippen molar-refractivity contribution in [2.24, 2.45) is 0 Å². The van der Waals surface area contributed by atoms with Crippen LogP contribution in [0.4, 0.5) is 0 Å². The molecule has 0 saturated heterocycles. The molecule has 0 saturated carbocycles. The quantitative estimate of drug-likeness (QED) is 0.0617. The maximum atomic E-state index is 9.62. The number of ether oxygens (including phenoxy) is 1. The Bertz CT molecular complexity index is 246. The molecule has 0 aromatic heterocycles. The summed E-state index contributed by atoms with van der Waals surface area (Å²) in [6, 6.07) is 0. The number of aliphatic hydroxyl groups excluding tert-OH is 1. The van der Waals surface area contributed by atoms with Crippen LogP contribution < -0.4 is 0 Å². The average Bonchev–Trinajstić information content (AvgIpc) is 2.67. The number of aliphatic hydroxyl groups is 1. The van der Waals surface area contributed by atoms with E-state index in [1.165, 1.54) is 77.0 Å². The van der Waals surface area contributed by atoms with Crippen LogP contribution in [0.25, 0.3) is 0 Å². The Morgan fingerprint density at radius 2 is 1.18 bits per heavy atom. The van der Waals surface area contributed by atoms with E-state index < -0.39 is 6.29 Å². The third-order valence-electron chi connectivity index (χ3n) is 4.47. The molecular weight excluding hydrogens is 662 g/mol. The molecule has 0 amide bonds. The third-order valence-corrected chi connectivity index (χ3v) is 5.20. The molecule has 170 valence electrons. The molecule has 0 rings (SSSR count). The Balaban J connectivity index is -0.000000530. The van der Waals surface area contributed by atoms with Crippen molar-refractivity contribution >= 4 is 28.8 Å². The zero-order valence-corrected chi connectivity index (χ0v) is 25.1. The normalized spacial score (nSPS) is 11.5. The van der Waals surface area contributed by atoms with Crippen molar-refractivity contribution in [2.45, 2.75) is 123 Å². The summed E-state index contributed by atoms with van der Waals surface area (Å²) >= 11 is 7.69. The van der Waals surface area contributed by atoms with E-state index in [0.717, 1.165) is 44.2 Å². The molecule has 1 atom stereocenters. The first-order valence-corrected chi connectivity index (χ1v) is 12.8. The first-order valence-electron chi connectivity index (χ1n) is 11.3. The summed E-state index contributed by atoms with van der Waals surface area (Å²) in [7, 11) is 0. The summed E-state index contributed by atoms with van der Waals surface area (Å²) in [4.78, 5) is 0. The van der Waals surface area contributed by atoms with E-state index >= 15 is 0 Å². The Hall–Kier alpha value is 1.76. The summed E-state index contributed by atoms with van der Waals surface area (Å²) in [6.45, 7) is 5.91. The maximum absolute atomic E-state index is 9.62. The van der Waals surface area contributed by atoms with Crippen molar-refractivity contribution < 1.29 is 45.1 Å². The van der Waals surface area contributed by atoms with Gasteiger partial charge in [0.05, 0.1) is 0 Å². The first kappa shape index (κ1) is 34.4. The minimum absolute atomic E-state index is 0. The fraction of sp³-hybridized carbons (Fsp3) is 1.00. The Kier molecular flexibility index (Phi) is 41.0. The molecule has 28 heavy (non-hydrogen) atoms. The van der Waals surface area contributed by atoms with E-state index in [1.807, 2.05) is 0 Å². The van der Waals surface area contributed by atoms with Gasteiger partial charge in [-0.2, -0.15) is 0 Å². The molecule has 0 radical (unpaired) electrons. The summed E-state index contributed by atoms with van der Waals surface area (Å²) in [5, 5.41) is 10.7. The summed E-state index contributed by atoms with van der Waals surface area (Å²) < 4.78 is 9.90. The van der Waals surface area contributed by atoms with Crippen LogP contribution in [0.15, 0.2) is 0 Å². The van der Waals surface area contributed by atoms with Crippen LogP contribution in [0, 0.1) is 31.1 Å². The van der Waals surface area contributed by atoms with Gasteiger partial charge < -0.3 is 26.9 Å². The van der Waals surface area contributed by atoms with Crippen LogP contribution in [-0.4, -0.2) is 29.9 Å². The van der Waals surface area contributed by atoms with Crippen molar-refractivity contribution in [3.05, 3.63) is 0 Å². The number of hydrogen-bond acceptors (Lipinski definition) is 4. The number of hydrogen-bond donors (Lipinski definition) is 1. The molecule has 0 bridgehead atoms. The Morgan fingerprint density at radius 3 is 1.71 bits per heavy atom. The molecule has 0 aromatic carbocycles. The molecule has 0 aromatic rings. The van der Waals surface area contributed by atoms with Crippen LogP contribution in [-0.2, 0) is 21.8 Å². The van der Waals surface area contributed by atoms with Gasteiger partial charge in [-0.05, 0) is 32.1 Å². The van der Waals surface area contributed by atoms with Crippen molar-refractivity contribution in [3.63, 3.8) is 0 Å². The molecule has 0 spiro atoms. The number of alkyl halides is 1. The van der Waals surface area contributed by atoms with Crippen LogP contribution in [0.3, 0.4) is 0 Å². The van der Waals surface area contributed by atoms with Gasteiger partial charge in [0.25, 0.3) is 0 Å². The van der Waals surface area contributed by atoms with E-state index in [1.54, 1.807) is 0 Å². The average molecular weight is 709 g/mol. The van der Waals surface area contributed by atoms with Gasteiger partial charge in [0.2, 0.25) is 0 Å². The van der Waals surface area contributed by atoms with Gasteiger partial charge in [0, 0.05) is 49.7 Å². The van der Waals surface area contributed by atoms with E-state index in [0.29, 0.717) is 0 Å². The molecule has 0 aliphatic carbocycles. The first-order chi connectivity index (χ1) is 13.2. The van der Waals surface area contributed by atoms with E-state index in [2.05, 4.69) is 46.9 Å². The second-order valence-corrected chi connectivity index (χ2v) is 8.25. The fourth-order valence-corrected chi connectivity index (χ4v) is 3.23. The minimum Gasteiger partial charge on any atom is -0.624 e. The van der Waals surface area contributed by atoms with Gasteiger partial charge >= 0.3 is 0 Å². The van der Waals surface area contributed by atoms with Crippen molar-refractivity contribution in [1.29, 1.82) is 0 Å². The molecule has 1 unspecified atom stereocenters. The summed E-state index contributed by atoms with van der Waals surface area (Å²) in [5.41, 5.74) is 0. The zero-order chi connectivity index (χ0) is 20.4. The SMILES string of the molecule is CCCCCCCCOC(O)CCCCCCC.[S-]OCCCCCCBr.[U].